The Morgan fingerprint density at radius 3 is 1.06 bits per heavy atom. The molecule has 1 fully saturated rings. The van der Waals surface area contributed by atoms with Crippen molar-refractivity contribution in [2.75, 3.05) is 13.2 Å². The minimum atomic E-state index is -5.09. The maximum atomic E-state index is 13.2. The Morgan fingerprint density at radius 2 is 0.768 bits per heavy atom. The molecule has 0 aromatic heterocycles. The number of carbonyl (C=O) groups excluding carboxylic acids is 1. The molecule has 0 aromatic carbocycles. The molecule has 1 heterocycles. The smallest absolute Gasteiger partial charge is 0.394 e. The highest BCUT2D eigenvalue weighted by atomic mass is 32.3. The van der Waals surface area contributed by atoms with Crippen molar-refractivity contribution in [1.29, 1.82) is 0 Å². The highest BCUT2D eigenvalue weighted by molar-refractivity contribution is 7.80. The van der Waals surface area contributed by atoms with Gasteiger partial charge in [-0.3, -0.25) is 9.35 Å². The summed E-state index contributed by atoms with van der Waals surface area (Å²) in [6.45, 7) is 3.47. The molecular weight excluding hydrogens is 1050 g/mol. The first kappa shape index (κ1) is 78.9. The van der Waals surface area contributed by atoms with Crippen molar-refractivity contribution in [3.05, 3.63) is 12.2 Å². The highest BCUT2D eigenvalue weighted by Crippen LogP contribution is 2.26. The van der Waals surface area contributed by atoms with Gasteiger partial charge in [0.25, 0.3) is 0 Å². The Morgan fingerprint density at radius 1 is 0.476 bits per heavy atom. The van der Waals surface area contributed by atoms with E-state index in [-0.39, 0.29) is 18.9 Å². The van der Waals surface area contributed by atoms with Crippen molar-refractivity contribution < 1.29 is 51.8 Å². The minimum Gasteiger partial charge on any atom is -0.394 e. The van der Waals surface area contributed by atoms with E-state index in [4.69, 9.17) is 9.47 Å². The molecule has 0 spiro atoms. The summed E-state index contributed by atoms with van der Waals surface area (Å²) in [6, 6.07) is -0.942. The summed E-state index contributed by atoms with van der Waals surface area (Å²) in [5.74, 6) is -0.253. The van der Waals surface area contributed by atoms with Gasteiger partial charge in [-0.15, -0.1) is 0 Å². The molecule has 12 nitrogen and oxygen atoms in total. The third-order valence-corrected chi connectivity index (χ3v) is 17.8. The number of hydrogen-bond donors (Lipinski definition) is 6. The lowest BCUT2D eigenvalue weighted by molar-refractivity contribution is -0.298. The van der Waals surface area contributed by atoms with Crippen LogP contribution < -0.4 is 5.32 Å². The molecule has 1 rings (SSSR count). The fourth-order valence-corrected chi connectivity index (χ4v) is 12.4. The van der Waals surface area contributed by atoms with Gasteiger partial charge >= 0.3 is 10.4 Å². The minimum absolute atomic E-state index is 0.253. The second kappa shape index (κ2) is 58.8. The van der Waals surface area contributed by atoms with Gasteiger partial charge in [0.1, 0.15) is 24.4 Å². The number of ether oxygens (including phenoxy) is 2. The zero-order valence-electron chi connectivity index (χ0n) is 53.6. The van der Waals surface area contributed by atoms with E-state index in [1.54, 1.807) is 6.08 Å². The van der Waals surface area contributed by atoms with Crippen LogP contribution in [0.3, 0.4) is 0 Å². The summed E-state index contributed by atoms with van der Waals surface area (Å²) >= 11 is 0. The number of aliphatic hydroxyl groups excluding tert-OH is 4. The molecule has 0 aliphatic carbocycles. The van der Waals surface area contributed by atoms with E-state index in [9.17, 15) is 38.2 Å². The Balaban J connectivity index is 2.21. The van der Waals surface area contributed by atoms with Crippen molar-refractivity contribution in [3.63, 3.8) is 0 Å². The lowest BCUT2D eigenvalue weighted by Gasteiger charge is -2.41. The van der Waals surface area contributed by atoms with Crippen LogP contribution in [0.5, 0.6) is 0 Å². The molecule has 82 heavy (non-hydrogen) atoms. The number of amides is 1. The Labute approximate surface area is 506 Å². The summed E-state index contributed by atoms with van der Waals surface area (Å²) in [6.07, 6.45) is 65.8. The Hall–Kier alpha value is -1.16. The fourth-order valence-electron chi connectivity index (χ4n) is 11.9. The van der Waals surface area contributed by atoms with Gasteiger partial charge in [0.2, 0.25) is 5.91 Å². The standard InChI is InChI=1S/C69H135NO11S/c1-3-5-7-9-11-13-15-17-19-21-23-25-27-28-29-30-31-32-33-34-35-36-37-39-41-43-45-47-49-51-53-55-57-59-65(73)70-62(61-79-69-67(75)68(81-82(76,77)78)66(74)64(60-71)80-69)63(72)58-56-54-52-50-48-46-44-42-40-38-26-24-22-20-18-16-14-12-10-8-6-4-2/h56,58,62-64,66-69,71-72,74-75H,3-55,57,59-61H2,1-2H3,(H,70,73)(H,76,77,78)/b58-56+. The third-order valence-electron chi connectivity index (χ3n) is 17.3. The van der Waals surface area contributed by atoms with Crippen molar-refractivity contribution in [2.24, 2.45) is 0 Å². The van der Waals surface area contributed by atoms with Crippen molar-refractivity contribution >= 4 is 16.3 Å². The predicted octanol–water partition coefficient (Wildman–Crippen LogP) is 18.5. The van der Waals surface area contributed by atoms with Gasteiger partial charge in [-0.1, -0.05) is 353 Å². The Bertz CT molecular complexity index is 1490. The maximum absolute atomic E-state index is 13.2. The van der Waals surface area contributed by atoms with E-state index < -0.39 is 59.9 Å². The van der Waals surface area contributed by atoms with Gasteiger partial charge in [-0.05, 0) is 19.3 Å². The van der Waals surface area contributed by atoms with E-state index in [0.717, 1.165) is 38.5 Å². The number of aliphatic hydroxyl groups is 4. The molecule has 1 aliphatic rings. The molecule has 0 saturated carbocycles. The van der Waals surface area contributed by atoms with Crippen LogP contribution in [0.1, 0.15) is 367 Å². The quantitative estimate of drug-likeness (QED) is 0.0193. The first-order valence-corrected chi connectivity index (χ1v) is 36.9. The molecule has 0 aromatic rings. The molecule has 1 saturated heterocycles. The van der Waals surface area contributed by atoms with Crippen LogP contribution in [-0.4, -0.2) is 95.4 Å². The monoisotopic (exact) mass is 1190 g/mol. The fraction of sp³-hybridized carbons (Fsp3) is 0.957. The van der Waals surface area contributed by atoms with Gasteiger partial charge < -0.3 is 35.2 Å². The average Bonchev–Trinajstić information content (AvgIpc) is 3.63. The average molecular weight is 1190 g/mol. The van der Waals surface area contributed by atoms with Crippen molar-refractivity contribution in [3.8, 4) is 0 Å². The maximum Gasteiger partial charge on any atom is 0.397 e. The number of rotatable bonds is 64. The third kappa shape index (κ3) is 49.9. The van der Waals surface area contributed by atoms with E-state index in [1.807, 2.05) is 6.08 Å². The van der Waals surface area contributed by atoms with Gasteiger partial charge in [0.15, 0.2) is 6.29 Å². The molecule has 0 bridgehead atoms. The van der Waals surface area contributed by atoms with Crippen molar-refractivity contribution in [1.82, 2.24) is 5.32 Å². The van der Waals surface area contributed by atoms with Crippen molar-refractivity contribution in [2.45, 2.75) is 410 Å². The van der Waals surface area contributed by atoms with E-state index in [2.05, 4.69) is 23.3 Å². The van der Waals surface area contributed by atoms with E-state index in [1.165, 1.54) is 302 Å². The molecule has 6 N–H and O–H groups in total. The Kier molecular flexibility index (Phi) is 56.6. The zero-order chi connectivity index (χ0) is 59.7. The van der Waals surface area contributed by atoms with E-state index >= 15 is 0 Å². The first-order chi connectivity index (χ1) is 40.0. The van der Waals surface area contributed by atoms with E-state index in [0.29, 0.717) is 6.42 Å². The summed E-state index contributed by atoms with van der Waals surface area (Å²) in [5.41, 5.74) is 0. The SMILES string of the molecule is CCCCCCCCCCCCCCCCCCCCCC/C=C/C(O)C(COC1OC(CO)C(O)C(OS(=O)(=O)O)C1O)NC(=O)CCCCCCCCCCCCCCCCCCCCCCCCCCCCCCCCCCC. The van der Waals surface area contributed by atoms with Gasteiger partial charge in [-0.25, -0.2) is 4.18 Å². The molecule has 13 heteroatoms. The molecule has 7 atom stereocenters. The number of hydrogen-bond acceptors (Lipinski definition) is 10. The summed E-state index contributed by atoms with van der Waals surface area (Å²) in [5, 5.41) is 45.2. The largest absolute Gasteiger partial charge is 0.397 e. The van der Waals surface area contributed by atoms with Crippen LogP contribution in [0.4, 0.5) is 0 Å². The molecular formula is C69H135NO11S. The first-order valence-electron chi connectivity index (χ1n) is 35.6. The molecule has 1 aliphatic heterocycles. The normalized spacial score (nSPS) is 18.5. The predicted molar refractivity (Wildman–Crippen MR) is 342 cm³/mol. The van der Waals surface area contributed by atoms with Crippen LogP contribution in [0.15, 0.2) is 12.2 Å². The van der Waals surface area contributed by atoms with Crippen LogP contribution >= 0.6 is 0 Å². The number of unbranched alkanes of at least 4 members (excludes halogenated alkanes) is 52. The lowest BCUT2D eigenvalue weighted by Crippen LogP contribution is -2.61. The van der Waals surface area contributed by atoms with Gasteiger partial charge in [-0.2, -0.15) is 8.42 Å². The number of carbonyl (C=O) groups is 1. The van der Waals surface area contributed by atoms with Gasteiger partial charge in [0.05, 0.1) is 25.4 Å². The summed E-state index contributed by atoms with van der Waals surface area (Å²) in [7, 11) is -5.09. The molecule has 1 amide bonds. The van der Waals surface area contributed by atoms with Crippen LogP contribution in [-0.2, 0) is 28.9 Å². The summed E-state index contributed by atoms with van der Waals surface area (Å²) < 4.78 is 48.0. The second-order valence-corrected chi connectivity index (χ2v) is 26.2. The number of nitrogens with one attached hydrogen (secondary N) is 1. The topological polar surface area (TPSA) is 192 Å². The molecule has 0 radical (unpaired) electrons. The lowest BCUT2D eigenvalue weighted by atomic mass is 9.99. The highest BCUT2D eigenvalue weighted by Gasteiger charge is 2.48. The zero-order valence-corrected chi connectivity index (χ0v) is 54.4. The van der Waals surface area contributed by atoms with Crippen LogP contribution in [0.25, 0.3) is 0 Å². The second-order valence-electron chi connectivity index (χ2n) is 25.2. The van der Waals surface area contributed by atoms with Crippen LogP contribution in [0.2, 0.25) is 0 Å². The number of allylic oxidation sites excluding steroid dienone is 1. The van der Waals surface area contributed by atoms with Crippen LogP contribution in [0, 0.1) is 0 Å². The molecule has 488 valence electrons. The molecule has 7 unspecified atom stereocenters. The summed E-state index contributed by atoms with van der Waals surface area (Å²) in [4.78, 5) is 13.2. The van der Waals surface area contributed by atoms with Gasteiger partial charge in [0, 0.05) is 6.42 Å².